The van der Waals surface area contributed by atoms with Crippen LogP contribution in [0, 0.1) is 17.6 Å². The van der Waals surface area contributed by atoms with E-state index in [9.17, 15) is 14.3 Å². The van der Waals surface area contributed by atoms with Gasteiger partial charge in [0.1, 0.15) is 11.3 Å². The minimum atomic E-state index is -0.909. The molecule has 0 amide bonds. The second kappa shape index (κ2) is 8.69. The van der Waals surface area contributed by atoms with E-state index in [1.54, 1.807) is 6.07 Å². The van der Waals surface area contributed by atoms with Gasteiger partial charge in [-0.15, -0.1) is 0 Å². The second-order valence-corrected chi connectivity index (χ2v) is 8.91. The third-order valence-corrected chi connectivity index (χ3v) is 6.41. The molecule has 4 aromatic rings. The number of fused-ring (bicyclic) bond motifs is 1. The van der Waals surface area contributed by atoms with Crippen LogP contribution in [0.3, 0.4) is 0 Å². The zero-order valence-corrected chi connectivity index (χ0v) is 19.1. The topological polar surface area (TPSA) is 62.2 Å². The number of rotatable bonds is 6. The van der Waals surface area contributed by atoms with Gasteiger partial charge in [-0.3, -0.25) is 9.78 Å². The summed E-state index contributed by atoms with van der Waals surface area (Å²) >= 11 is 5.95. The van der Waals surface area contributed by atoms with Crippen molar-refractivity contribution in [1.29, 1.82) is 0 Å². The van der Waals surface area contributed by atoms with E-state index in [4.69, 9.17) is 11.6 Å². The Balaban J connectivity index is 1.71. The number of carbonyl (C=O) groups is 1. The number of ketones is 1. The molecule has 0 spiro atoms. The van der Waals surface area contributed by atoms with Crippen molar-refractivity contribution in [1.82, 2.24) is 4.98 Å². The van der Waals surface area contributed by atoms with E-state index in [1.807, 2.05) is 24.3 Å². The average Bonchev–Trinajstić information content (AvgIpc) is 3.68. The van der Waals surface area contributed by atoms with E-state index in [-0.39, 0.29) is 22.2 Å². The van der Waals surface area contributed by atoms with E-state index >= 15 is 4.39 Å². The molecule has 172 valence electrons. The number of nitrogens with one attached hydrogen (secondary N) is 1. The van der Waals surface area contributed by atoms with E-state index in [0.29, 0.717) is 27.8 Å². The van der Waals surface area contributed by atoms with Crippen LogP contribution < -0.4 is 5.32 Å². The number of nitrogens with zero attached hydrogens (tertiary/aromatic N) is 1. The van der Waals surface area contributed by atoms with Crippen LogP contribution in [0.15, 0.2) is 54.7 Å². The molecule has 0 unspecified atom stereocenters. The molecule has 1 aliphatic rings. The summed E-state index contributed by atoms with van der Waals surface area (Å²) in [6, 6.07) is 13.1. The lowest BCUT2D eigenvalue weighted by atomic mass is 9.98. The number of aryl methyl sites for hydroxylation is 1. The van der Waals surface area contributed by atoms with Crippen LogP contribution >= 0.6 is 11.6 Å². The van der Waals surface area contributed by atoms with Crippen molar-refractivity contribution in [2.24, 2.45) is 5.92 Å². The lowest BCUT2D eigenvalue weighted by Gasteiger charge is -2.16. The van der Waals surface area contributed by atoms with Crippen molar-refractivity contribution in [2.75, 3.05) is 5.32 Å². The molecule has 0 atom stereocenters. The maximum absolute atomic E-state index is 15.2. The molecule has 0 radical (unpaired) electrons. The number of pyridine rings is 1. The van der Waals surface area contributed by atoms with E-state index < -0.39 is 17.4 Å². The van der Waals surface area contributed by atoms with E-state index in [2.05, 4.69) is 17.2 Å². The first kappa shape index (κ1) is 22.3. The van der Waals surface area contributed by atoms with Gasteiger partial charge < -0.3 is 10.4 Å². The molecule has 0 aliphatic heterocycles. The van der Waals surface area contributed by atoms with Crippen molar-refractivity contribution in [2.45, 2.75) is 26.2 Å². The predicted octanol–water partition coefficient (Wildman–Crippen LogP) is 7.44. The number of benzene rings is 3. The largest absolute Gasteiger partial charge is 0.504 e. The number of hydrogen-bond donors (Lipinski definition) is 2. The summed E-state index contributed by atoms with van der Waals surface area (Å²) in [4.78, 5) is 17.3. The number of phenolic OH excluding ortho intramolecular Hbond substituents is 1. The third kappa shape index (κ3) is 4.10. The van der Waals surface area contributed by atoms with Gasteiger partial charge >= 0.3 is 0 Å². The highest BCUT2D eigenvalue weighted by Crippen LogP contribution is 2.40. The van der Waals surface area contributed by atoms with E-state index in [1.165, 1.54) is 23.9 Å². The standard InChI is InChI=1S/C27H21ClF2N2O2/c1-2-14-3-7-18(8-4-14)32-24-19-9-16(17-10-21(28)27(34)23(30)12-17)11-22(29)25(19)31-13-20(24)26(33)15-5-6-15/h3-4,7-13,15,34H,2,5-6H2,1H3,(H,31,32). The van der Waals surface area contributed by atoms with Gasteiger partial charge in [-0.25, -0.2) is 8.78 Å². The number of anilines is 2. The molecule has 1 aliphatic carbocycles. The monoisotopic (exact) mass is 478 g/mol. The van der Waals surface area contributed by atoms with Crippen LogP contribution in [0.25, 0.3) is 22.0 Å². The average molecular weight is 479 g/mol. The number of phenols is 1. The molecule has 2 N–H and O–H groups in total. The van der Waals surface area contributed by atoms with Gasteiger partial charge in [0.2, 0.25) is 0 Å². The highest BCUT2D eigenvalue weighted by molar-refractivity contribution is 6.32. The fourth-order valence-corrected chi connectivity index (χ4v) is 4.22. The molecule has 3 aromatic carbocycles. The summed E-state index contributed by atoms with van der Waals surface area (Å²) in [5, 5.41) is 13.2. The lowest BCUT2D eigenvalue weighted by Crippen LogP contribution is -2.08. The van der Waals surface area contributed by atoms with Gasteiger partial charge in [-0.2, -0.15) is 0 Å². The fraction of sp³-hybridized carbons (Fsp3) is 0.185. The van der Waals surface area contributed by atoms with E-state index in [0.717, 1.165) is 31.0 Å². The minimum absolute atomic E-state index is 0.0355. The van der Waals surface area contributed by atoms with Gasteiger partial charge in [-0.05, 0) is 72.4 Å². The zero-order chi connectivity index (χ0) is 24.0. The Hall–Kier alpha value is -3.51. The quantitative estimate of drug-likeness (QED) is 0.283. The molecule has 1 aromatic heterocycles. The van der Waals surface area contributed by atoms with Gasteiger partial charge in [0.15, 0.2) is 17.3 Å². The summed E-state index contributed by atoms with van der Waals surface area (Å²) in [6.45, 7) is 2.06. The molecule has 34 heavy (non-hydrogen) atoms. The van der Waals surface area contributed by atoms with Gasteiger partial charge in [0.05, 0.1) is 16.3 Å². The molecule has 0 saturated heterocycles. The highest BCUT2D eigenvalue weighted by Gasteiger charge is 2.33. The summed E-state index contributed by atoms with van der Waals surface area (Å²) in [7, 11) is 0. The summed E-state index contributed by atoms with van der Waals surface area (Å²) < 4.78 is 29.3. The Bertz CT molecular complexity index is 1410. The highest BCUT2D eigenvalue weighted by atomic mass is 35.5. The maximum Gasteiger partial charge on any atom is 0.170 e. The van der Waals surface area contributed by atoms with Gasteiger partial charge in [-0.1, -0.05) is 30.7 Å². The van der Waals surface area contributed by atoms with Crippen molar-refractivity contribution in [3.05, 3.63) is 82.5 Å². The first-order valence-corrected chi connectivity index (χ1v) is 11.4. The van der Waals surface area contributed by atoms with Crippen LogP contribution in [-0.4, -0.2) is 15.9 Å². The third-order valence-electron chi connectivity index (χ3n) is 6.12. The molecule has 5 rings (SSSR count). The molecular formula is C27H21ClF2N2O2. The number of carbonyl (C=O) groups excluding carboxylic acids is 1. The van der Waals surface area contributed by atoms with Crippen LogP contribution in [0.2, 0.25) is 5.02 Å². The fourth-order valence-electron chi connectivity index (χ4n) is 4.01. The molecule has 1 heterocycles. The smallest absolute Gasteiger partial charge is 0.170 e. The normalized spacial score (nSPS) is 13.3. The Morgan fingerprint density at radius 2 is 1.76 bits per heavy atom. The molecule has 1 saturated carbocycles. The first-order chi connectivity index (χ1) is 16.4. The maximum atomic E-state index is 15.2. The summed E-state index contributed by atoms with van der Waals surface area (Å²) in [6.07, 6.45) is 3.96. The Labute approximate surface area is 200 Å². The minimum Gasteiger partial charge on any atom is -0.504 e. The lowest BCUT2D eigenvalue weighted by molar-refractivity contribution is 0.0968. The van der Waals surface area contributed by atoms with Crippen molar-refractivity contribution in [3.8, 4) is 16.9 Å². The van der Waals surface area contributed by atoms with Gasteiger partial charge in [0.25, 0.3) is 0 Å². The van der Waals surface area contributed by atoms with Crippen molar-refractivity contribution in [3.63, 3.8) is 0 Å². The van der Waals surface area contributed by atoms with Crippen molar-refractivity contribution >= 4 is 39.7 Å². The zero-order valence-electron chi connectivity index (χ0n) is 18.3. The van der Waals surface area contributed by atoms with Crippen molar-refractivity contribution < 1.29 is 18.7 Å². The SMILES string of the molecule is CCc1ccc(Nc2c(C(=O)C3CC3)cnc3c(F)cc(-c4cc(F)c(O)c(Cl)c4)cc23)cc1. The number of aromatic nitrogens is 1. The number of Topliss-reactive ketones (excluding diaryl/α,β-unsaturated/α-hetero) is 1. The van der Waals surface area contributed by atoms with Crippen LogP contribution in [0.5, 0.6) is 5.75 Å². The van der Waals surface area contributed by atoms with Crippen LogP contribution in [0.4, 0.5) is 20.2 Å². The summed E-state index contributed by atoms with van der Waals surface area (Å²) in [5.41, 5.74) is 3.48. The van der Waals surface area contributed by atoms with Crippen LogP contribution in [-0.2, 0) is 6.42 Å². The summed E-state index contributed by atoms with van der Waals surface area (Å²) in [5.74, 6) is -2.28. The number of hydrogen-bond acceptors (Lipinski definition) is 4. The molecule has 7 heteroatoms. The predicted molar refractivity (Wildman–Crippen MR) is 130 cm³/mol. The first-order valence-electron chi connectivity index (χ1n) is 11.1. The Morgan fingerprint density at radius 1 is 1.09 bits per heavy atom. The number of halogens is 3. The molecule has 0 bridgehead atoms. The second-order valence-electron chi connectivity index (χ2n) is 8.50. The molecular weight excluding hydrogens is 458 g/mol. The van der Waals surface area contributed by atoms with Gasteiger partial charge in [0, 0.05) is 23.2 Å². The molecule has 4 nitrogen and oxygen atoms in total. The van der Waals surface area contributed by atoms with Crippen LogP contribution in [0.1, 0.15) is 35.7 Å². The number of aromatic hydroxyl groups is 1. The Kier molecular flexibility index (Phi) is 5.70. The Morgan fingerprint density at radius 3 is 2.41 bits per heavy atom. The molecule has 1 fully saturated rings.